The van der Waals surface area contributed by atoms with E-state index in [0.717, 1.165) is 47.0 Å². The van der Waals surface area contributed by atoms with Crippen molar-refractivity contribution < 1.29 is 4.39 Å². The maximum Gasteiger partial charge on any atom is 0.172 e. The van der Waals surface area contributed by atoms with Crippen LogP contribution >= 0.6 is 23.4 Å². The van der Waals surface area contributed by atoms with Crippen molar-refractivity contribution in [2.24, 2.45) is 5.92 Å². The highest BCUT2D eigenvalue weighted by atomic mass is 35.5. The summed E-state index contributed by atoms with van der Waals surface area (Å²) in [6.07, 6.45) is 4.66. The average Bonchev–Trinajstić information content (AvgIpc) is 3.49. The minimum absolute atomic E-state index is 0.229. The Bertz CT molecular complexity index is 954. The van der Waals surface area contributed by atoms with Crippen LogP contribution in [-0.2, 0) is 6.54 Å². The number of benzene rings is 2. The molecule has 1 aromatic heterocycles. The molecule has 158 valence electrons. The van der Waals surface area contributed by atoms with E-state index in [0.29, 0.717) is 11.6 Å². The fourth-order valence-electron chi connectivity index (χ4n) is 3.32. The largest absolute Gasteiger partial charge is 0.369 e. The van der Waals surface area contributed by atoms with Crippen LogP contribution in [0.1, 0.15) is 18.5 Å². The molecule has 0 saturated heterocycles. The van der Waals surface area contributed by atoms with Gasteiger partial charge in [-0.25, -0.2) is 9.37 Å². The average molecular weight is 445 g/mol. The van der Waals surface area contributed by atoms with Gasteiger partial charge >= 0.3 is 0 Å². The molecule has 7 heteroatoms. The summed E-state index contributed by atoms with van der Waals surface area (Å²) in [5.41, 5.74) is 3.06. The Morgan fingerprint density at radius 3 is 2.60 bits per heavy atom. The van der Waals surface area contributed by atoms with E-state index >= 15 is 0 Å². The third-order valence-electron chi connectivity index (χ3n) is 5.19. The van der Waals surface area contributed by atoms with Gasteiger partial charge in [-0.15, -0.1) is 0 Å². The molecule has 4 rings (SSSR count). The number of hydrogen-bond donors (Lipinski definition) is 1. The predicted molar refractivity (Wildman–Crippen MR) is 123 cm³/mol. The van der Waals surface area contributed by atoms with Gasteiger partial charge in [-0.3, -0.25) is 4.57 Å². The van der Waals surface area contributed by atoms with E-state index in [1.807, 2.05) is 37.5 Å². The van der Waals surface area contributed by atoms with E-state index in [4.69, 9.17) is 16.6 Å². The topological polar surface area (TPSA) is 33.1 Å². The van der Waals surface area contributed by atoms with Gasteiger partial charge in [0.05, 0.1) is 18.4 Å². The predicted octanol–water partition coefficient (Wildman–Crippen LogP) is 5.39. The van der Waals surface area contributed by atoms with Gasteiger partial charge in [-0.2, -0.15) is 0 Å². The minimum Gasteiger partial charge on any atom is -0.369 e. The Morgan fingerprint density at radius 1 is 1.17 bits per heavy atom. The van der Waals surface area contributed by atoms with Gasteiger partial charge in [0.25, 0.3) is 0 Å². The number of thioether (sulfide) groups is 1. The summed E-state index contributed by atoms with van der Waals surface area (Å²) in [6, 6.07) is 14.4. The maximum absolute atomic E-state index is 13.3. The molecule has 0 aliphatic heterocycles. The Labute approximate surface area is 186 Å². The van der Waals surface area contributed by atoms with Crippen LogP contribution in [0.25, 0.3) is 5.69 Å². The highest BCUT2D eigenvalue weighted by molar-refractivity contribution is 7.99. The first-order chi connectivity index (χ1) is 14.6. The first-order valence-electron chi connectivity index (χ1n) is 10.2. The molecule has 0 radical (unpaired) electrons. The molecule has 2 aromatic carbocycles. The summed E-state index contributed by atoms with van der Waals surface area (Å²) >= 11 is 7.85. The van der Waals surface area contributed by atoms with Gasteiger partial charge < -0.3 is 10.2 Å². The fraction of sp³-hybridized carbons (Fsp3) is 0.348. The summed E-state index contributed by atoms with van der Waals surface area (Å²) in [7, 11) is 2.00. The molecule has 0 unspecified atom stereocenters. The van der Waals surface area contributed by atoms with Crippen LogP contribution < -0.4 is 10.2 Å². The lowest BCUT2D eigenvalue weighted by Crippen LogP contribution is -2.20. The quantitative estimate of drug-likeness (QED) is 0.335. The summed E-state index contributed by atoms with van der Waals surface area (Å²) in [4.78, 5) is 6.79. The first-order valence-corrected chi connectivity index (χ1v) is 11.6. The van der Waals surface area contributed by atoms with E-state index in [9.17, 15) is 4.39 Å². The molecule has 0 atom stereocenters. The van der Waals surface area contributed by atoms with Crippen molar-refractivity contribution in [1.29, 1.82) is 0 Å². The van der Waals surface area contributed by atoms with Gasteiger partial charge in [-0.1, -0.05) is 23.4 Å². The molecule has 0 amide bonds. The Hall–Kier alpha value is -2.02. The van der Waals surface area contributed by atoms with Gasteiger partial charge in [0, 0.05) is 35.7 Å². The van der Waals surface area contributed by atoms with E-state index < -0.39 is 0 Å². The van der Waals surface area contributed by atoms with Crippen LogP contribution in [0.3, 0.4) is 0 Å². The standard InChI is InChI=1S/C23H26ClFN4S/c1-28(20-10-6-19(25)7-11-20)16-22-15-27-23(30-13-12-26-14-17-2-3-17)29(22)21-8-4-18(24)5-9-21/h4-11,15,17,26H,2-3,12-14,16H2,1H3. The second kappa shape index (κ2) is 9.86. The zero-order chi connectivity index (χ0) is 20.9. The van der Waals surface area contributed by atoms with Crippen molar-refractivity contribution in [3.8, 4) is 5.69 Å². The number of rotatable bonds is 10. The Balaban J connectivity index is 1.50. The van der Waals surface area contributed by atoms with Crippen molar-refractivity contribution in [2.45, 2.75) is 24.5 Å². The smallest absolute Gasteiger partial charge is 0.172 e. The molecule has 1 fully saturated rings. The Kier molecular flexibility index (Phi) is 6.97. The number of nitrogens with zero attached hydrogens (tertiary/aromatic N) is 3. The highest BCUT2D eigenvalue weighted by Gasteiger charge is 2.20. The number of imidazole rings is 1. The summed E-state index contributed by atoms with van der Waals surface area (Å²) < 4.78 is 15.5. The molecular weight excluding hydrogens is 419 g/mol. The van der Waals surface area contributed by atoms with Crippen LogP contribution in [0.5, 0.6) is 0 Å². The second-order valence-electron chi connectivity index (χ2n) is 7.67. The molecule has 1 N–H and O–H groups in total. The van der Waals surface area contributed by atoms with Crippen LogP contribution in [-0.4, -0.2) is 35.4 Å². The monoisotopic (exact) mass is 444 g/mol. The molecule has 30 heavy (non-hydrogen) atoms. The van der Waals surface area contributed by atoms with Crippen molar-refractivity contribution in [3.63, 3.8) is 0 Å². The zero-order valence-electron chi connectivity index (χ0n) is 17.0. The lowest BCUT2D eigenvalue weighted by Gasteiger charge is -2.21. The normalized spacial score (nSPS) is 13.6. The van der Waals surface area contributed by atoms with Gasteiger partial charge in [0.15, 0.2) is 5.16 Å². The molecule has 3 aromatic rings. The molecule has 1 heterocycles. The molecular formula is C23H26ClFN4S. The molecule has 1 saturated carbocycles. The molecule has 4 nitrogen and oxygen atoms in total. The zero-order valence-corrected chi connectivity index (χ0v) is 18.6. The van der Waals surface area contributed by atoms with Crippen molar-refractivity contribution in [2.75, 3.05) is 30.8 Å². The summed E-state index contributed by atoms with van der Waals surface area (Å²) in [6.45, 7) is 2.75. The number of hydrogen-bond acceptors (Lipinski definition) is 4. The number of halogens is 2. The van der Waals surface area contributed by atoms with E-state index in [1.165, 1.54) is 25.0 Å². The molecule has 0 spiro atoms. The van der Waals surface area contributed by atoms with Crippen LogP contribution in [0, 0.1) is 11.7 Å². The minimum atomic E-state index is -0.229. The third-order valence-corrected chi connectivity index (χ3v) is 6.40. The van der Waals surface area contributed by atoms with Crippen molar-refractivity contribution in [1.82, 2.24) is 14.9 Å². The SMILES string of the molecule is CN(Cc1cnc(SCCNCC2CC2)n1-c1ccc(Cl)cc1)c1ccc(F)cc1. The van der Waals surface area contributed by atoms with E-state index in [-0.39, 0.29) is 5.82 Å². The third kappa shape index (κ3) is 5.56. The first kappa shape index (κ1) is 21.2. The van der Waals surface area contributed by atoms with Crippen molar-refractivity contribution >= 4 is 29.1 Å². The lowest BCUT2D eigenvalue weighted by molar-refractivity contribution is 0.627. The van der Waals surface area contributed by atoms with Gasteiger partial charge in [0.2, 0.25) is 0 Å². The van der Waals surface area contributed by atoms with Gasteiger partial charge in [-0.05, 0) is 73.8 Å². The summed E-state index contributed by atoms with van der Waals surface area (Å²) in [5.74, 6) is 1.62. The Morgan fingerprint density at radius 2 is 1.90 bits per heavy atom. The molecule has 0 bridgehead atoms. The number of nitrogens with one attached hydrogen (secondary N) is 1. The summed E-state index contributed by atoms with van der Waals surface area (Å²) in [5, 5.41) is 5.21. The van der Waals surface area contributed by atoms with Gasteiger partial charge in [0.1, 0.15) is 5.82 Å². The van der Waals surface area contributed by atoms with E-state index in [1.54, 1.807) is 23.9 Å². The number of anilines is 1. The number of aromatic nitrogens is 2. The molecule has 1 aliphatic carbocycles. The van der Waals surface area contributed by atoms with E-state index in [2.05, 4.69) is 14.8 Å². The highest BCUT2D eigenvalue weighted by Crippen LogP contribution is 2.28. The van der Waals surface area contributed by atoms with Crippen LogP contribution in [0.4, 0.5) is 10.1 Å². The van der Waals surface area contributed by atoms with Crippen LogP contribution in [0.2, 0.25) is 5.02 Å². The fourth-order valence-corrected chi connectivity index (χ4v) is 4.35. The van der Waals surface area contributed by atoms with Crippen LogP contribution in [0.15, 0.2) is 59.9 Å². The van der Waals surface area contributed by atoms with Crippen molar-refractivity contribution in [3.05, 3.63) is 71.3 Å². The second-order valence-corrected chi connectivity index (χ2v) is 9.17. The maximum atomic E-state index is 13.3. The lowest BCUT2D eigenvalue weighted by atomic mass is 10.2. The molecule has 1 aliphatic rings.